The lowest BCUT2D eigenvalue weighted by atomic mass is 9.88. The number of nitrogens with one attached hydrogen (secondary N) is 1. The molecule has 35 heavy (non-hydrogen) atoms. The fourth-order valence-electron chi connectivity index (χ4n) is 4.37. The Hall–Kier alpha value is -3.69. The summed E-state index contributed by atoms with van der Waals surface area (Å²) in [4.78, 5) is 38.3. The van der Waals surface area contributed by atoms with Gasteiger partial charge in [-0.3, -0.25) is 9.69 Å². The van der Waals surface area contributed by atoms with E-state index in [1.54, 1.807) is 4.90 Å². The molecule has 0 aromatic heterocycles. The first-order chi connectivity index (χ1) is 16.8. The van der Waals surface area contributed by atoms with Crippen molar-refractivity contribution in [3.05, 3.63) is 65.2 Å². The van der Waals surface area contributed by atoms with E-state index in [-0.39, 0.29) is 36.9 Å². The number of carbonyl (C=O) groups is 3. The van der Waals surface area contributed by atoms with Crippen molar-refractivity contribution in [2.75, 3.05) is 31.1 Å². The number of hydrogen-bond acceptors (Lipinski definition) is 5. The molecule has 0 radical (unpaired) electrons. The van der Waals surface area contributed by atoms with Crippen LogP contribution in [-0.4, -0.2) is 55.3 Å². The zero-order valence-corrected chi connectivity index (χ0v) is 19.3. The fourth-order valence-corrected chi connectivity index (χ4v) is 4.37. The van der Waals surface area contributed by atoms with E-state index in [9.17, 15) is 14.4 Å². The Morgan fingerprint density at radius 3 is 2.40 bits per heavy atom. The summed E-state index contributed by atoms with van der Waals surface area (Å²) in [6, 6.07) is 11.6. The molecule has 0 bridgehead atoms. The van der Waals surface area contributed by atoms with Gasteiger partial charge in [0.1, 0.15) is 24.3 Å². The summed E-state index contributed by atoms with van der Waals surface area (Å²) in [5.74, 6) is -2.16. The van der Waals surface area contributed by atoms with E-state index in [4.69, 9.17) is 9.47 Å². The van der Waals surface area contributed by atoms with E-state index in [2.05, 4.69) is 5.32 Å². The Kier molecular flexibility index (Phi) is 7.48. The molecule has 4 rings (SSSR count). The molecule has 8 nitrogen and oxygen atoms in total. The Morgan fingerprint density at radius 2 is 1.77 bits per heavy atom. The number of likely N-dealkylation sites (tertiary alicyclic amines) is 1. The van der Waals surface area contributed by atoms with Gasteiger partial charge in [-0.1, -0.05) is 30.3 Å². The minimum atomic E-state index is -0.747. The summed E-state index contributed by atoms with van der Waals surface area (Å²) >= 11 is 0. The van der Waals surface area contributed by atoms with Crippen LogP contribution in [0.4, 0.5) is 24.1 Å². The van der Waals surface area contributed by atoms with E-state index in [1.807, 2.05) is 30.3 Å². The van der Waals surface area contributed by atoms with Gasteiger partial charge in [-0.2, -0.15) is 0 Å². The molecular formula is C25H27F2N3O5. The number of hydrogen-bond donors (Lipinski definition) is 1. The molecule has 2 saturated heterocycles. The molecule has 2 aromatic rings. The van der Waals surface area contributed by atoms with Gasteiger partial charge in [0, 0.05) is 25.6 Å². The first kappa shape index (κ1) is 24.4. The quantitative estimate of drug-likeness (QED) is 0.667. The van der Waals surface area contributed by atoms with Crippen molar-refractivity contribution in [2.24, 2.45) is 0 Å². The summed E-state index contributed by atoms with van der Waals surface area (Å²) in [6.45, 7) is 2.34. The van der Waals surface area contributed by atoms with Crippen molar-refractivity contribution in [2.45, 2.75) is 38.4 Å². The lowest BCUT2D eigenvalue weighted by Crippen LogP contribution is -2.38. The number of rotatable bonds is 6. The number of halogens is 2. The summed E-state index contributed by atoms with van der Waals surface area (Å²) in [5.41, 5.74) is 0.887. The minimum Gasteiger partial charge on any atom is -0.445 e. The van der Waals surface area contributed by atoms with Crippen LogP contribution >= 0.6 is 0 Å². The van der Waals surface area contributed by atoms with Gasteiger partial charge in [0.15, 0.2) is 0 Å². The van der Waals surface area contributed by atoms with Crippen molar-refractivity contribution < 1.29 is 32.6 Å². The molecule has 1 N–H and O–H groups in total. The monoisotopic (exact) mass is 487 g/mol. The van der Waals surface area contributed by atoms with Crippen molar-refractivity contribution in [3.8, 4) is 0 Å². The maximum Gasteiger partial charge on any atom is 0.414 e. The Balaban J connectivity index is 1.35. The zero-order chi connectivity index (χ0) is 24.9. The normalized spacial score (nSPS) is 18.4. The second-order valence-electron chi connectivity index (χ2n) is 8.68. The number of carbonyl (C=O) groups excluding carboxylic acids is 3. The lowest BCUT2D eigenvalue weighted by molar-refractivity contribution is -0.119. The van der Waals surface area contributed by atoms with Crippen LogP contribution in [0.15, 0.2) is 42.5 Å². The number of amides is 3. The average molecular weight is 488 g/mol. The van der Waals surface area contributed by atoms with Gasteiger partial charge in [0.05, 0.1) is 18.8 Å². The molecule has 0 aliphatic carbocycles. The highest BCUT2D eigenvalue weighted by atomic mass is 19.1. The van der Waals surface area contributed by atoms with Crippen molar-refractivity contribution >= 4 is 23.8 Å². The Bertz CT molecular complexity index is 1070. The summed E-state index contributed by atoms with van der Waals surface area (Å²) in [5, 5.41) is 2.55. The summed E-state index contributed by atoms with van der Waals surface area (Å²) in [6.07, 6.45) is -1.02. The van der Waals surface area contributed by atoms with Gasteiger partial charge in [0.25, 0.3) is 0 Å². The average Bonchev–Trinajstić information content (AvgIpc) is 3.22. The van der Waals surface area contributed by atoms with Crippen LogP contribution in [0.3, 0.4) is 0 Å². The molecule has 2 aliphatic heterocycles. The molecule has 1 unspecified atom stereocenters. The maximum atomic E-state index is 15.0. The highest BCUT2D eigenvalue weighted by molar-refractivity contribution is 5.90. The number of nitrogens with zero attached hydrogens (tertiary/aromatic N) is 2. The number of benzene rings is 2. The van der Waals surface area contributed by atoms with E-state index >= 15 is 8.78 Å². The van der Waals surface area contributed by atoms with Crippen molar-refractivity contribution in [1.29, 1.82) is 0 Å². The van der Waals surface area contributed by atoms with Gasteiger partial charge in [-0.25, -0.2) is 18.4 Å². The fraction of sp³-hybridized carbons (Fsp3) is 0.400. The van der Waals surface area contributed by atoms with Crippen LogP contribution in [0.25, 0.3) is 0 Å². The van der Waals surface area contributed by atoms with Gasteiger partial charge in [-0.05, 0) is 36.5 Å². The van der Waals surface area contributed by atoms with E-state index in [0.29, 0.717) is 25.9 Å². The zero-order valence-electron chi connectivity index (χ0n) is 19.3. The first-order valence-electron chi connectivity index (χ1n) is 11.5. The van der Waals surface area contributed by atoms with Crippen LogP contribution < -0.4 is 10.2 Å². The molecule has 0 saturated carbocycles. The van der Waals surface area contributed by atoms with Gasteiger partial charge in [-0.15, -0.1) is 0 Å². The third-order valence-electron chi connectivity index (χ3n) is 6.19. The molecule has 2 heterocycles. The third kappa shape index (κ3) is 5.87. The predicted molar refractivity (Wildman–Crippen MR) is 123 cm³/mol. The minimum absolute atomic E-state index is 0.0478. The second kappa shape index (κ2) is 10.7. The SMILES string of the molecule is CC(=O)NCC1CN(c2cc(F)c(C3CCN(C(=O)OCc4ccccc4)CC3)c(F)c2)C(=O)O1. The predicted octanol–water partition coefficient (Wildman–Crippen LogP) is 3.94. The van der Waals surface area contributed by atoms with Gasteiger partial charge >= 0.3 is 12.2 Å². The molecule has 2 aromatic carbocycles. The van der Waals surface area contributed by atoms with Crippen molar-refractivity contribution in [3.63, 3.8) is 0 Å². The highest BCUT2D eigenvalue weighted by Crippen LogP contribution is 2.35. The summed E-state index contributed by atoms with van der Waals surface area (Å²) in [7, 11) is 0. The smallest absolute Gasteiger partial charge is 0.414 e. The van der Waals surface area contributed by atoms with Gasteiger partial charge < -0.3 is 19.7 Å². The number of ether oxygens (including phenoxy) is 2. The second-order valence-corrected chi connectivity index (χ2v) is 8.68. The van der Waals surface area contributed by atoms with Crippen LogP contribution in [0, 0.1) is 11.6 Å². The standard InChI is InChI=1S/C25H27F2N3O5/c1-16(31)28-13-20-14-30(25(33)35-20)19-11-21(26)23(22(27)12-19)18-7-9-29(10-8-18)24(32)34-15-17-5-3-2-4-6-17/h2-6,11-12,18,20H,7-10,13-15H2,1H3,(H,28,31). The number of anilines is 1. The molecular weight excluding hydrogens is 460 g/mol. The van der Waals surface area contributed by atoms with E-state index < -0.39 is 35.8 Å². The van der Waals surface area contributed by atoms with Crippen LogP contribution in [-0.2, 0) is 20.9 Å². The van der Waals surface area contributed by atoms with Crippen LogP contribution in [0.2, 0.25) is 0 Å². The molecule has 10 heteroatoms. The Morgan fingerprint density at radius 1 is 1.11 bits per heavy atom. The largest absolute Gasteiger partial charge is 0.445 e. The van der Waals surface area contributed by atoms with Crippen LogP contribution in [0.5, 0.6) is 0 Å². The van der Waals surface area contributed by atoms with E-state index in [1.165, 1.54) is 6.92 Å². The number of cyclic esters (lactones) is 1. The molecule has 3 amide bonds. The van der Waals surface area contributed by atoms with Crippen LogP contribution in [0.1, 0.15) is 36.8 Å². The van der Waals surface area contributed by atoms with E-state index in [0.717, 1.165) is 22.6 Å². The lowest BCUT2D eigenvalue weighted by Gasteiger charge is -2.32. The number of piperidine rings is 1. The third-order valence-corrected chi connectivity index (χ3v) is 6.19. The first-order valence-corrected chi connectivity index (χ1v) is 11.5. The molecule has 186 valence electrons. The maximum absolute atomic E-state index is 15.0. The molecule has 2 aliphatic rings. The summed E-state index contributed by atoms with van der Waals surface area (Å²) < 4.78 is 40.5. The molecule has 0 spiro atoms. The van der Waals surface area contributed by atoms with Gasteiger partial charge in [0.2, 0.25) is 5.91 Å². The Labute approximate surface area is 201 Å². The molecule has 2 fully saturated rings. The van der Waals surface area contributed by atoms with Crippen molar-refractivity contribution in [1.82, 2.24) is 10.2 Å². The topological polar surface area (TPSA) is 88.2 Å². The molecule has 1 atom stereocenters. The highest BCUT2D eigenvalue weighted by Gasteiger charge is 2.34.